The molecule has 2 rings (SSSR count). The van der Waals surface area contributed by atoms with Gasteiger partial charge in [-0.15, -0.1) is 0 Å². The van der Waals surface area contributed by atoms with Crippen molar-refractivity contribution in [2.45, 2.75) is 110 Å². The van der Waals surface area contributed by atoms with Crippen molar-refractivity contribution in [2.24, 2.45) is 17.8 Å². The van der Waals surface area contributed by atoms with Crippen LogP contribution in [0.5, 0.6) is 0 Å². The van der Waals surface area contributed by atoms with Crippen LogP contribution < -0.4 is 10.6 Å². The van der Waals surface area contributed by atoms with Gasteiger partial charge in [0.15, 0.2) is 11.6 Å². The van der Waals surface area contributed by atoms with Gasteiger partial charge >= 0.3 is 0 Å². The predicted molar refractivity (Wildman–Crippen MR) is 126 cm³/mol. The Morgan fingerprint density at radius 1 is 1.06 bits per heavy atom. The van der Waals surface area contributed by atoms with Gasteiger partial charge in [-0.25, -0.2) is 0 Å². The Kier molecular flexibility index (Phi) is 10.7. The Bertz CT molecular complexity index is 724. The summed E-state index contributed by atoms with van der Waals surface area (Å²) in [5.74, 6) is -2.94. The zero-order chi connectivity index (χ0) is 24.4. The van der Waals surface area contributed by atoms with Crippen molar-refractivity contribution in [1.29, 1.82) is 0 Å². The lowest BCUT2D eigenvalue weighted by atomic mass is 9.73. The molecule has 7 nitrogen and oxygen atoms in total. The Balaban J connectivity index is 2.10. The molecule has 186 valence electrons. The van der Waals surface area contributed by atoms with Crippen LogP contribution in [-0.4, -0.2) is 41.2 Å². The minimum absolute atomic E-state index is 0.0485. The van der Waals surface area contributed by atoms with Crippen LogP contribution in [0.4, 0.5) is 0 Å². The van der Waals surface area contributed by atoms with Crippen LogP contribution in [0.25, 0.3) is 0 Å². The first-order valence-electron chi connectivity index (χ1n) is 12.9. The maximum atomic E-state index is 13.5. The number of unbranched alkanes of at least 4 members (excludes halogenated alkanes) is 1. The maximum absolute atomic E-state index is 13.5. The average Bonchev–Trinajstić information content (AvgIpc) is 2.99. The maximum Gasteiger partial charge on any atom is 0.223 e. The van der Waals surface area contributed by atoms with Crippen molar-refractivity contribution in [3.63, 3.8) is 0 Å². The summed E-state index contributed by atoms with van der Waals surface area (Å²) in [5, 5.41) is 5.83. The topological polar surface area (TPSA) is 109 Å². The molecular weight excluding hydrogens is 420 g/mol. The van der Waals surface area contributed by atoms with E-state index in [0.717, 1.165) is 44.9 Å². The number of ketones is 3. The third-order valence-corrected chi connectivity index (χ3v) is 7.28. The summed E-state index contributed by atoms with van der Waals surface area (Å²) in [7, 11) is 0. The molecule has 1 heterocycles. The summed E-state index contributed by atoms with van der Waals surface area (Å²) in [4.78, 5) is 64.2. The number of hydrogen-bond donors (Lipinski definition) is 2. The van der Waals surface area contributed by atoms with Gasteiger partial charge in [0.2, 0.25) is 17.6 Å². The van der Waals surface area contributed by atoms with E-state index < -0.39 is 28.9 Å². The second kappa shape index (κ2) is 13.0. The Morgan fingerprint density at radius 2 is 1.76 bits per heavy atom. The minimum atomic E-state index is -0.930. The molecule has 0 spiro atoms. The number of nitrogens with one attached hydrogen (secondary N) is 2. The van der Waals surface area contributed by atoms with Gasteiger partial charge in [-0.2, -0.15) is 0 Å². The average molecular weight is 463 g/mol. The second-order valence-corrected chi connectivity index (χ2v) is 10.2. The first-order valence-corrected chi connectivity index (χ1v) is 12.9. The first kappa shape index (κ1) is 27.2. The summed E-state index contributed by atoms with van der Waals surface area (Å²) < 4.78 is 0. The van der Waals surface area contributed by atoms with Crippen molar-refractivity contribution < 1.29 is 24.0 Å². The van der Waals surface area contributed by atoms with Gasteiger partial charge in [0.05, 0.1) is 5.54 Å². The highest BCUT2D eigenvalue weighted by Crippen LogP contribution is 2.33. The summed E-state index contributed by atoms with van der Waals surface area (Å²) in [6.07, 6.45) is 8.14. The molecular formula is C26H42N2O5. The first-order chi connectivity index (χ1) is 15.7. The van der Waals surface area contributed by atoms with Crippen LogP contribution in [0.1, 0.15) is 104 Å². The SMILES string of the molecule is CCCCC(=O)NC1(C(=O)C[C@H](C(=O)C(=O)C[C@H]2CCCCNC2=O)C(C)C)CCCCC1. The number of Topliss-reactive ketones (excluding diaryl/α,β-unsaturated/α-hetero) is 3. The minimum Gasteiger partial charge on any atom is -0.356 e. The van der Waals surface area contributed by atoms with Crippen molar-refractivity contribution in [3.05, 3.63) is 0 Å². The molecule has 0 aromatic heterocycles. The van der Waals surface area contributed by atoms with Crippen molar-refractivity contribution >= 4 is 29.2 Å². The number of carbonyl (C=O) groups is 5. The zero-order valence-electron chi connectivity index (χ0n) is 20.7. The van der Waals surface area contributed by atoms with Gasteiger partial charge in [-0.3, -0.25) is 24.0 Å². The fourth-order valence-corrected chi connectivity index (χ4v) is 5.05. The molecule has 7 heteroatoms. The normalized spacial score (nSPS) is 21.6. The molecule has 1 saturated carbocycles. The summed E-state index contributed by atoms with van der Waals surface area (Å²) in [5.41, 5.74) is -0.930. The fraction of sp³-hybridized carbons (Fsp3) is 0.808. The summed E-state index contributed by atoms with van der Waals surface area (Å²) >= 11 is 0. The Hall–Kier alpha value is -2.05. The highest BCUT2D eigenvalue weighted by atomic mass is 16.2. The van der Waals surface area contributed by atoms with Crippen LogP contribution >= 0.6 is 0 Å². The van der Waals surface area contributed by atoms with Crippen LogP contribution in [-0.2, 0) is 24.0 Å². The van der Waals surface area contributed by atoms with E-state index in [4.69, 9.17) is 0 Å². The standard InChI is InChI=1S/C26H42N2O5/c1-4-5-12-23(31)28-26(13-8-6-9-14-26)22(30)17-20(18(2)3)24(32)21(29)16-19-11-7-10-15-27-25(19)33/h18-20H,4-17H2,1-3H3,(H,27,33)(H,28,31)/t19-,20+/m1/s1. The fourth-order valence-electron chi connectivity index (χ4n) is 5.05. The number of rotatable bonds is 12. The monoisotopic (exact) mass is 462 g/mol. The lowest BCUT2D eigenvalue weighted by Crippen LogP contribution is -2.56. The molecule has 2 N–H and O–H groups in total. The molecule has 2 atom stereocenters. The molecule has 0 unspecified atom stereocenters. The molecule has 2 aliphatic rings. The lowest BCUT2D eigenvalue weighted by molar-refractivity contribution is -0.143. The Labute approximate surface area is 198 Å². The highest BCUT2D eigenvalue weighted by molar-refractivity contribution is 6.38. The molecule has 1 aliphatic carbocycles. The van der Waals surface area contributed by atoms with Gasteiger partial charge in [0, 0.05) is 37.6 Å². The summed E-state index contributed by atoms with van der Waals surface area (Å²) in [6, 6.07) is 0. The smallest absolute Gasteiger partial charge is 0.223 e. The van der Waals surface area contributed by atoms with Crippen LogP contribution in [0, 0.1) is 17.8 Å². The second-order valence-electron chi connectivity index (χ2n) is 10.2. The molecule has 0 aromatic rings. The molecule has 2 fully saturated rings. The van der Waals surface area contributed by atoms with E-state index in [0.29, 0.717) is 32.2 Å². The van der Waals surface area contributed by atoms with E-state index in [1.54, 1.807) is 0 Å². The van der Waals surface area contributed by atoms with Crippen molar-refractivity contribution in [2.75, 3.05) is 6.54 Å². The molecule has 1 saturated heterocycles. The van der Waals surface area contributed by atoms with E-state index in [2.05, 4.69) is 10.6 Å². The largest absolute Gasteiger partial charge is 0.356 e. The zero-order valence-corrected chi connectivity index (χ0v) is 20.7. The van der Waals surface area contributed by atoms with Gasteiger partial charge in [-0.05, 0) is 38.0 Å². The Morgan fingerprint density at radius 3 is 2.39 bits per heavy atom. The van der Waals surface area contributed by atoms with E-state index in [1.807, 2.05) is 20.8 Å². The molecule has 2 amide bonds. The van der Waals surface area contributed by atoms with Gasteiger partial charge in [0.1, 0.15) is 0 Å². The molecule has 0 bridgehead atoms. The molecule has 33 heavy (non-hydrogen) atoms. The quantitative estimate of drug-likeness (QED) is 0.430. The van der Waals surface area contributed by atoms with Crippen molar-refractivity contribution in [3.8, 4) is 0 Å². The van der Waals surface area contributed by atoms with Gasteiger partial charge in [-0.1, -0.05) is 52.9 Å². The highest BCUT2D eigenvalue weighted by Gasteiger charge is 2.43. The predicted octanol–water partition coefficient (Wildman–Crippen LogP) is 3.67. The van der Waals surface area contributed by atoms with Crippen molar-refractivity contribution in [1.82, 2.24) is 10.6 Å². The van der Waals surface area contributed by atoms with E-state index >= 15 is 0 Å². The third-order valence-electron chi connectivity index (χ3n) is 7.28. The number of hydrogen-bond acceptors (Lipinski definition) is 5. The number of amides is 2. The summed E-state index contributed by atoms with van der Waals surface area (Å²) in [6.45, 7) is 6.31. The third kappa shape index (κ3) is 7.75. The van der Waals surface area contributed by atoms with E-state index in [-0.39, 0.29) is 36.4 Å². The number of carbonyl (C=O) groups excluding carboxylic acids is 5. The van der Waals surface area contributed by atoms with Crippen LogP contribution in [0.15, 0.2) is 0 Å². The van der Waals surface area contributed by atoms with Gasteiger partial charge in [0.25, 0.3) is 0 Å². The lowest BCUT2D eigenvalue weighted by Gasteiger charge is -2.38. The molecule has 1 aliphatic heterocycles. The van der Waals surface area contributed by atoms with Crippen LogP contribution in [0.2, 0.25) is 0 Å². The van der Waals surface area contributed by atoms with E-state index in [9.17, 15) is 24.0 Å². The van der Waals surface area contributed by atoms with Crippen LogP contribution in [0.3, 0.4) is 0 Å². The molecule has 0 radical (unpaired) electrons. The van der Waals surface area contributed by atoms with Gasteiger partial charge < -0.3 is 10.6 Å². The molecule has 0 aromatic carbocycles. The van der Waals surface area contributed by atoms with E-state index in [1.165, 1.54) is 0 Å².